The van der Waals surface area contributed by atoms with Crippen LogP contribution >= 0.6 is 0 Å². The van der Waals surface area contributed by atoms with Crippen molar-refractivity contribution in [2.45, 2.75) is 25.9 Å². The lowest BCUT2D eigenvalue weighted by molar-refractivity contribution is 0.0265. The molecule has 0 saturated heterocycles. The molecule has 0 aromatic heterocycles. The summed E-state index contributed by atoms with van der Waals surface area (Å²) in [6.07, 6.45) is 1.37. The molecule has 1 fully saturated rings. The number of aliphatic hydroxyl groups excluding tert-OH is 1. The maximum Gasteiger partial charge on any atom is 0.253 e. The summed E-state index contributed by atoms with van der Waals surface area (Å²) < 4.78 is 5.36. The van der Waals surface area contributed by atoms with E-state index in [2.05, 4.69) is 0 Å². The minimum absolute atomic E-state index is 0.0545. The lowest BCUT2D eigenvalue weighted by atomic mass is 9.82. The van der Waals surface area contributed by atoms with Gasteiger partial charge in [-0.2, -0.15) is 0 Å². The lowest BCUT2D eigenvalue weighted by Crippen LogP contribution is -2.39. The molecule has 20 heavy (non-hydrogen) atoms. The number of benzene rings is 1. The molecule has 0 spiro atoms. The molecule has 0 radical (unpaired) electrons. The molecule has 110 valence electrons. The van der Waals surface area contributed by atoms with Crippen LogP contribution in [0.4, 0.5) is 5.69 Å². The summed E-state index contributed by atoms with van der Waals surface area (Å²) >= 11 is 0. The topological polar surface area (TPSA) is 75.8 Å². The second kappa shape index (κ2) is 6.13. The third-order valence-electron chi connectivity index (χ3n) is 3.65. The zero-order chi connectivity index (χ0) is 14.7. The highest BCUT2D eigenvalue weighted by atomic mass is 16.5. The zero-order valence-electron chi connectivity index (χ0n) is 12.0. The molecule has 0 unspecified atom stereocenters. The van der Waals surface area contributed by atoms with E-state index in [-0.39, 0.29) is 12.0 Å². The van der Waals surface area contributed by atoms with Gasteiger partial charge in [0, 0.05) is 19.2 Å². The Hall–Kier alpha value is -1.75. The molecule has 1 aliphatic carbocycles. The van der Waals surface area contributed by atoms with E-state index in [0.29, 0.717) is 36.1 Å². The van der Waals surface area contributed by atoms with Crippen LogP contribution in [-0.4, -0.2) is 42.2 Å². The number of hydrogen-bond donors (Lipinski definition) is 2. The number of rotatable bonds is 5. The number of carbonyl (C=O) groups is 1. The second-order valence-corrected chi connectivity index (χ2v) is 5.36. The molecule has 0 bridgehead atoms. The molecule has 0 atom stereocenters. The number of aliphatic hydroxyl groups is 1. The summed E-state index contributed by atoms with van der Waals surface area (Å²) in [5.41, 5.74) is 6.91. The Morgan fingerprint density at radius 1 is 1.50 bits per heavy atom. The van der Waals surface area contributed by atoms with Gasteiger partial charge in [0.25, 0.3) is 5.91 Å². The van der Waals surface area contributed by atoms with Crippen LogP contribution in [0.3, 0.4) is 0 Å². The Morgan fingerprint density at radius 2 is 2.20 bits per heavy atom. The standard InChI is InChI=1S/C15H22N2O3/c1-3-20-14-5-4-11(8-13(14)16)15(19)17(2)9-10-6-12(18)7-10/h4-5,8,10,12,18H,3,6-7,9,16H2,1-2H3. The summed E-state index contributed by atoms with van der Waals surface area (Å²) in [4.78, 5) is 14.0. The fourth-order valence-electron chi connectivity index (χ4n) is 2.51. The van der Waals surface area contributed by atoms with Crippen LogP contribution in [-0.2, 0) is 0 Å². The first-order chi connectivity index (χ1) is 9.51. The summed E-state index contributed by atoms with van der Waals surface area (Å²) in [7, 11) is 1.78. The fraction of sp³-hybridized carbons (Fsp3) is 0.533. The van der Waals surface area contributed by atoms with Crippen molar-refractivity contribution < 1.29 is 14.6 Å². The van der Waals surface area contributed by atoms with Crippen LogP contribution in [0.5, 0.6) is 5.75 Å². The van der Waals surface area contributed by atoms with Crippen molar-refractivity contribution in [1.29, 1.82) is 0 Å². The Balaban J connectivity index is 1.99. The molecule has 0 heterocycles. The first-order valence-corrected chi connectivity index (χ1v) is 6.97. The van der Waals surface area contributed by atoms with Gasteiger partial charge in [-0.05, 0) is 43.9 Å². The number of nitrogens with two attached hydrogens (primary N) is 1. The van der Waals surface area contributed by atoms with Crippen LogP contribution in [0.25, 0.3) is 0 Å². The van der Waals surface area contributed by atoms with Gasteiger partial charge >= 0.3 is 0 Å². The summed E-state index contributed by atoms with van der Waals surface area (Å²) in [5, 5.41) is 9.27. The van der Waals surface area contributed by atoms with E-state index in [4.69, 9.17) is 10.5 Å². The number of hydrogen-bond acceptors (Lipinski definition) is 4. The summed E-state index contributed by atoms with van der Waals surface area (Å²) in [5.74, 6) is 0.953. The number of carbonyl (C=O) groups excluding carboxylic acids is 1. The molecule has 3 N–H and O–H groups in total. The van der Waals surface area contributed by atoms with Gasteiger partial charge in [0.15, 0.2) is 0 Å². The van der Waals surface area contributed by atoms with Crippen molar-refractivity contribution in [3.8, 4) is 5.75 Å². The monoisotopic (exact) mass is 278 g/mol. The number of ether oxygens (including phenoxy) is 1. The average molecular weight is 278 g/mol. The van der Waals surface area contributed by atoms with Crippen molar-refractivity contribution >= 4 is 11.6 Å². The second-order valence-electron chi connectivity index (χ2n) is 5.36. The molecule has 2 rings (SSSR count). The van der Waals surface area contributed by atoms with Gasteiger partial charge in [0.05, 0.1) is 18.4 Å². The maximum atomic E-state index is 12.3. The highest BCUT2D eigenvalue weighted by molar-refractivity contribution is 5.95. The van der Waals surface area contributed by atoms with Gasteiger partial charge in [0.2, 0.25) is 0 Å². The average Bonchev–Trinajstić information content (AvgIpc) is 2.38. The maximum absolute atomic E-state index is 12.3. The SMILES string of the molecule is CCOc1ccc(C(=O)N(C)CC2CC(O)C2)cc1N. The number of anilines is 1. The molecule has 1 amide bonds. The lowest BCUT2D eigenvalue weighted by Gasteiger charge is -2.34. The van der Waals surface area contributed by atoms with Crippen molar-refractivity contribution in [3.05, 3.63) is 23.8 Å². The van der Waals surface area contributed by atoms with E-state index in [1.807, 2.05) is 6.92 Å². The van der Waals surface area contributed by atoms with Gasteiger partial charge in [-0.25, -0.2) is 0 Å². The highest BCUT2D eigenvalue weighted by Gasteiger charge is 2.29. The molecule has 5 nitrogen and oxygen atoms in total. The highest BCUT2D eigenvalue weighted by Crippen LogP contribution is 2.28. The van der Waals surface area contributed by atoms with Gasteiger partial charge in [-0.15, -0.1) is 0 Å². The van der Waals surface area contributed by atoms with Crippen LogP contribution in [0, 0.1) is 5.92 Å². The van der Waals surface area contributed by atoms with Crippen molar-refractivity contribution in [1.82, 2.24) is 4.90 Å². The Bertz CT molecular complexity index is 484. The predicted octanol–water partition coefficient (Wildman–Crippen LogP) is 1.51. The van der Waals surface area contributed by atoms with Crippen molar-refractivity contribution in [2.75, 3.05) is 25.9 Å². The van der Waals surface area contributed by atoms with E-state index < -0.39 is 0 Å². The molecule has 1 aromatic carbocycles. The molecule has 5 heteroatoms. The molecule has 1 aromatic rings. The molecule has 0 aliphatic heterocycles. The first-order valence-electron chi connectivity index (χ1n) is 6.97. The Labute approximate surface area is 119 Å². The van der Waals surface area contributed by atoms with E-state index in [1.54, 1.807) is 30.1 Å². The fourth-order valence-corrected chi connectivity index (χ4v) is 2.51. The molecule has 1 saturated carbocycles. The quantitative estimate of drug-likeness (QED) is 0.801. The smallest absolute Gasteiger partial charge is 0.253 e. The van der Waals surface area contributed by atoms with Crippen LogP contribution in [0.2, 0.25) is 0 Å². The van der Waals surface area contributed by atoms with Gasteiger partial charge in [0.1, 0.15) is 5.75 Å². The molecular weight excluding hydrogens is 256 g/mol. The Kier molecular flexibility index (Phi) is 4.49. The molecular formula is C15H22N2O3. The number of nitrogen functional groups attached to an aromatic ring is 1. The minimum atomic E-state index is -0.190. The van der Waals surface area contributed by atoms with E-state index >= 15 is 0 Å². The molecule has 1 aliphatic rings. The Morgan fingerprint density at radius 3 is 2.75 bits per heavy atom. The van der Waals surface area contributed by atoms with Crippen molar-refractivity contribution in [2.24, 2.45) is 5.92 Å². The third kappa shape index (κ3) is 3.22. The predicted molar refractivity (Wildman–Crippen MR) is 77.7 cm³/mol. The van der Waals surface area contributed by atoms with Gasteiger partial charge < -0.3 is 20.5 Å². The minimum Gasteiger partial charge on any atom is -0.492 e. The van der Waals surface area contributed by atoms with Crippen molar-refractivity contribution in [3.63, 3.8) is 0 Å². The van der Waals surface area contributed by atoms with Crippen LogP contribution < -0.4 is 10.5 Å². The van der Waals surface area contributed by atoms with E-state index in [1.165, 1.54) is 0 Å². The normalized spacial score (nSPS) is 21.1. The number of amides is 1. The van der Waals surface area contributed by atoms with Gasteiger partial charge in [-0.3, -0.25) is 4.79 Å². The summed E-state index contributed by atoms with van der Waals surface area (Å²) in [6.45, 7) is 3.10. The zero-order valence-corrected chi connectivity index (χ0v) is 12.0. The number of nitrogens with zero attached hydrogens (tertiary/aromatic N) is 1. The third-order valence-corrected chi connectivity index (χ3v) is 3.65. The van der Waals surface area contributed by atoms with E-state index in [9.17, 15) is 9.90 Å². The summed E-state index contributed by atoms with van der Waals surface area (Å²) in [6, 6.07) is 5.11. The first kappa shape index (κ1) is 14.7. The van der Waals surface area contributed by atoms with Gasteiger partial charge in [-0.1, -0.05) is 0 Å². The largest absolute Gasteiger partial charge is 0.492 e. The van der Waals surface area contributed by atoms with E-state index in [0.717, 1.165) is 12.8 Å². The van der Waals surface area contributed by atoms with Crippen LogP contribution in [0.15, 0.2) is 18.2 Å². The van der Waals surface area contributed by atoms with Crippen LogP contribution in [0.1, 0.15) is 30.1 Å².